The van der Waals surface area contributed by atoms with Crippen molar-refractivity contribution >= 4 is 22.6 Å². The molecule has 148 valence electrons. The quantitative estimate of drug-likeness (QED) is 0.696. The minimum atomic E-state index is -0.472. The average Bonchev–Trinajstić information content (AvgIpc) is 3.08. The number of piperidine rings is 1. The highest BCUT2D eigenvalue weighted by atomic mass is 16.3. The van der Waals surface area contributed by atoms with Gasteiger partial charge >= 0.3 is 0 Å². The Bertz CT molecular complexity index is 1100. The molecule has 0 radical (unpaired) electrons. The van der Waals surface area contributed by atoms with E-state index in [1.54, 1.807) is 12.1 Å². The normalized spacial score (nSPS) is 18.6. The van der Waals surface area contributed by atoms with Crippen LogP contribution in [0.2, 0.25) is 0 Å². The Morgan fingerprint density at radius 2 is 1.86 bits per heavy atom. The number of hydrogen-bond acceptors (Lipinski definition) is 3. The second kappa shape index (κ2) is 7.16. The lowest BCUT2D eigenvalue weighted by Gasteiger charge is -2.40. The molecule has 2 aromatic carbocycles. The molecule has 3 aromatic rings. The standard InChI is InChI=1S/C24H24N2O3/c27-15-22(28)17-10-8-16(9-11-17)14-26-20-5-2-1-4-18(20)19-12-13-25-21(24(19)26)6-3-7-23(25)29/h1-2,4-5,8-11,21,27H,3,6-7,12-15H2. The summed E-state index contributed by atoms with van der Waals surface area (Å²) in [4.78, 5) is 26.3. The molecular weight excluding hydrogens is 364 g/mol. The van der Waals surface area contributed by atoms with Crippen molar-refractivity contribution in [1.29, 1.82) is 0 Å². The van der Waals surface area contributed by atoms with E-state index in [2.05, 4.69) is 33.7 Å². The van der Waals surface area contributed by atoms with Crippen molar-refractivity contribution in [3.05, 3.63) is 70.9 Å². The Morgan fingerprint density at radius 1 is 1.07 bits per heavy atom. The van der Waals surface area contributed by atoms with Gasteiger partial charge in [-0.25, -0.2) is 0 Å². The van der Waals surface area contributed by atoms with Crippen molar-refractivity contribution in [1.82, 2.24) is 9.47 Å². The third-order valence-electron chi connectivity index (χ3n) is 6.36. The third kappa shape index (κ3) is 2.97. The van der Waals surface area contributed by atoms with Gasteiger partial charge in [-0.2, -0.15) is 0 Å². The van der Waals surface area contributed by atoms with Crippen molar-refractivity contribution < 1.29 is 14.7 Å². The van der Waals surface area contributed by atoms with E-state index in [-0.39, 0.29) is 17.7 Å². The van der Waals surface area contributed by atoms with Gasteiger partial charge in [-0.05, 0) is 36.5 Å². The number of amides is 1. The van der Waals surface area contributed by atoms with Crippen LogP contribution in [0.5, 0.6) is 0 Å². The van der Waals surface area contributed by atoms with Gasteiger partial charge in [-0.15, -0.1) is 0 Å². The van der Waals surface area contributed by atoms with Crippen LogP contribution in [0.25, 0.3) is 10.9 Å². The van der Waals surface area contributed by atoms with E-state index in [1.165, 1.54) is 22.2 Å². The number of para-hydroxylation sites is 1. The molecule has 5 nitrogen and oxygen atoms in total. The first-order chi connectivity index (χ1) is 14.2. The number of carbonyl (C=O) groups excluding carboxylic acids is 2. The molecule has 1 N–H and O–H groups in total. The molecule has 1 fully saturated rings. The van der Waals surface area contributed by atoms with Crippen LogP contribution < -0.4 is 0 Å². The number of rotatable bonds is 4. The number of fused-ring (bicyclic) bond motifs is 5. The summed E-state index contributed by atoms with van der Waals surface area (Å²) in [7, 11) is 0. The largest absolute Gasteiger partial charge is 0.388 e. The van der Waals surface area contributed by atoms with Gasteiger partial charge in [0.2, 0.25) is 5.91 Å². The maximum absolute atomic E-state index is 12.5. The summed E-state index contributed by atoms with van der Waals surface area (Å²) in [6.07, 6.45) is 3.51. The molecule has 1 saturated heterocycles. The maximum Gasteiger partial charge on any atom is 0.223 e. The minimum absolute atomic E-state index is 0.155. The molecule has 0 spiro atoms. The fourth-order valence-corrected chi connectivity index (χ4v) is 5.00. The molecule has 2 aliphatic rings. The van der Waals surface area contributed by atoms with Crippen molar-refractivity contribution in [2.45, 2.75) is 38.3 Å². The summed E-state index contributed by atoms with van der Waals surface area (Å²) in [5, 5.41) is 10.3. The Morgan fingerprint density at radius 3 is 2.66 bits per heavy atom. The predicted molar refractivity (Wildman–Crippen MR) is 111 cm³/mol. The Hall–Kier alpha value is -2.92. The van der Waals surface area contributed by atoms with Gasteiger partial charge in [0.1, 0.15) is 6.61 Å². The first kappa shape index (κ1) is 18.1. The van der Waals surface area contributed by atoms with Crippen LogP contribution in [0.15, 0.2) is 48.5 Å². The summed E-state index contributed by atoms with van der Waals surface area (Å²) in [5.41, 5.74) is 5.49. The summed E-state index contributed by atoms with van der Waals surface area (Å²) in [6, 6.07) is 16.1. The lowest BCUT2D eigenvalue weighted by atomic mass is 9.90. The van der Waals surface area contributed by atoms with Crippen LogP contribution in [-0.2, 0) is 17.8 Å². The van der Waals surface area contributed by atoms with Gasteiger partial charge < -0.3 is 14.6 Å². The van der Waals surface area contributed by atoms with Crippen molar-refractivity contribution in [3.8, 4) is 0 Å². The van der Waals surface area contributed by atoms with Crippen molar-refractivity contribution in [3.63, 3.8) is 0 Å². The van der Waals surface area contributed by atoms with Gasteiger partial charge in [0.05, 0.1) is 6.04 Å². The minimum Gasteiger partial charge on any atom is -0.388 e. The number of carbonyl (C=O) groups is 2. The molecule has 1 unspecified atom stereocenters. The van der Waals surface area contributed by atoms with Crippen LogP contribution in [0, 0.1) is 0 Å². The summed E-state index contributed by atoms with van der Waals surface area (Å²) >= 11 is 0. The second-order valence-electron chi connectivity index (χ2n) is 7.99. The molecule has 2 aliphatic heterocycles. The SMILES string of the molecule is O=C(CO)c1ccc(Cn2c3c(c4ccccc42)CCN2C(=O)CCCC32)cc1. The summed E-state index contributed by atoms with van der Waals surface area (Å²) < 4.78 is 2.36. The summed E-state index contributed by atoms with van der Waals surface area (Å²) in [5.74, 6) is 0.00674. The van der Waals surface area contributed by atoms with E-state index in [1.807, 2.05) is 12.1 Å². The van der Waals surface area contributed by atoms with E-state index >= 15 is 0 Å². The van der Waals surface area contributed by atoms with E-state index < -0.39 is 6.61 Å². The smallest absolute Gasteiger partial charge is 0.223 e. The lowest BCUT2D eigenvalue weighted by Crippen LogP contribution is -2.43. The molecule has 0 aliphatic carbocycles. The maximum atomic E-state index is 12.5. The monoisotopic (exact) mass is 388 g/mol. The number of ketones is 1. The van der Waals surface area contributed by atoms with Crippen LogP contribution >= 0.6 is 0 Å². The summed E-state index contributed by atoms with van der Waals surface area (Å²) in [6.45, 7) is 1.03. The predicted octanol–water partition coefficient (Wildman–Crippen LogP) is 3.47. The zero-order valence-corrected chi connectivity index (χ0v) is 16.3. The first-order valence-electron chi connectivity index (χ1n) is 10.3. The number of aromatic nitrogens is 1. The molecular formula is C24H24N2O3. The first-order valence-corrected chi connectivity index (χ1v) is 10.3. The molecule has 1 aromatic heterocycles. The topological polar surface area (TPSA) is 62.5 Å². The molecule has 0 bridgehead atoms. The zero-order valence-electron chi connectivity index (χ0n) is 16.3. The third-order valence-corrected chi connectivity index (χ3v) is 6.36. The Balaban J connectivity index is 1.60. The van der Waals surface area contributed by atoms with E-state index in [4.69, 9.17) is 5.11 Å². The number of aliphatic hydroxyl groups excluding tert-OH is 1. The van der Waals surface area contributed by atoms with Gasteiger partial charge in [-0.1, -0.05) is 42.5 Å². The molecule has 1 amide bonds. The zero-order chi connectivity index (χ0) is 20.0. The second-order valence-corrected chi connectivity index (χ2v) is 7.99. The van der Waals surface area contributed by atoms with E-state index in [9.17, 15) is 9.59 Å². The van der Waals surface area contributed by atoms with Crippen LogP contribution in [0.1, 0.15) is 52.5 Å². The van der Waals surface area contributed by atoms with Gasteiger partial charge in [0.25, 0.3) is 0 Å². The fraction of sp³-hybridized carbons (Fsp3) is 0.333. The highest BCUT2D eigenvalue weighted by molar-refractivity contribution is 5.96. The highest BCUT2D eigenvalue weighted by Gasteiger charge is 2.37. The number of Topliss-reactive ketones (excluding diaryl/α,β-unsaturated/α-hetero) is 1. The number of nitrogens with zero attached hydrogens (tertiary/aromatic N) is 2. The highest BCUT2D eigenvalue weighted by Crippen LogP contribution is 2.42. The van der Waals surface area contributed by atoms with Crippen LogP contribution in [-0.4, -0.2) is 39.4 Å². The van der Waals surface area contributed by atoms with Crippen molar-refractivity contribution in [2.75, 3.05) is 13.2 Å². The molecule has 0 saturated carbocycles. The lowest BCUT2D eigenvalue weighted by molar-refractivity contribution is -0.137. The number of hydrogen-bond donors (Lipinski definition) is 1. The Labute approximate surface area is 169 Å². The van der Waals surface area contributed by atoms with E-state index in [0.717, 1.165) is 31.4 Å². The molecule has 5 heteroatoms. The Kier molecular flexibility index (Phi) is 4.47. The van der Waals surface area contributed by atoms with Gasteiger partial charge in [0, 0.05) is 41.7 Å². The molecule has 5 rings (SSSR count). The van der Waals surface area contributed by atoms with Crippen molar-refractivity contribution in [2.24, 2.45) is 0 Å². The number of aliphatic hydroxyl groups is 1. The molecule has 1 atom stereocenters. The van der Waals surface area contributed by atoms with Gasteiger partial charge in [-0.3, -0.25) is 9.59 Å². The average molecular weight is 388 g/mol. The fourth-order valence-electron chi connectivity index (χ4n) is 5.00. The van der Waals surface area contributed by atoms with Crippen LogP contribution in [0.4, 0.5) is 0 Å². The van der Waals surface area contributed by atoms with Gasteiger partial charge in [0.15, 0.2) is 5.78 Å². The van der Waals surface area contributed by atoms with Crippen LogP contribution in [0.3, 0.4) is 0 Å². The van der Waals surface area contributed by atoms with E-state index in [0.29, 0.717) is 18.5 Å². The number of benzene rings is 2. The molecule has 29 heavy (non-hydrogen) atoms. The molecule has 3 heterocycles.